The number of nitrogens with two attached hydrogens (primary N) is 1. The molecule has 7 nitrogen and oxygen atoms in total. The molecule has 34 heavy (non-hydrogen) atoms. The zero-order chi connectivity index (χ0) is 25.6. The Labute approximate surface area is 209 Å². The van der Waals surface area contributed by atoms with Gasteiger partial charge in [0, 0.05) is 25.6 Å². The van der Waals surface area contributed by atoms with Crippen molar-refractivity contribution >= 4 is 23.3 Å². The highest BCUT2D eigenvalue weighted by Crippen LogP contribution is 2.28. The third kappa shape index (κ3) is 11.3. The van der Waals surface area contributed by atoms with E-state index in [1.54, 1.807) is 13.2 Å². The summed E-state index contributed by atoms with van der Waals surface area (Å²) in [7, 11) is 1.60. The van der Waals surface area contributed by atoms with Crippen molar-refractivity contribution < 1.29 is 19.0 Å². The average molecular weight is 490 g/mol. The van der Waals surface area contributed by atoms with Gasteiger partial charge in [0.05, 0.1) is 19.1 Å². The Morgan fingerprint density at radius 1 is 1.26 bits per heavy atom. The van der Waals surface area contributed by atoms with Gasteiger partial charge >= 0.3 is 5.97 Å². The van der Waals surface area contributed by atoms with Gasteiger partial charge in [0.15, 0.2) is 16.6 Å². The maximum Gasteiger partial charge on any atom is 0.311 e. The highest BCUT2D eigenvalue weighted by atomic mass is 32.1. The highest BCUT2D eigenvalue weighted by molar-refractivity contribution is 7.80. The second-order valence-electron chi connectivity index (χ2n) is 8.86. The minimum atomic E-state index is -0.555. The quantitative estimate of drug-likeness (QED) is 0.206. The first kappa shape index (κ1) is 29.2. The predicted octanol–water partition coefficient (Wildman–Crippen LogP) is 3.89. The number of methoxy groups -OCH3 is 1. The Morgan fingerprint density at radius 3 is 2.62 bits per heavy atom. The molecule has 0 aliphatic heterocycles. The number of carbonyl (C=O) groups excluding carboxylic acids is 1. The number of allylic oxidation sites excluding steroid dienone is 4. The Morgan fingerprint density at radius 2 is 2.00 bits per heavy atom. The molecule has 0 radical (unpaired) electrons. The SMILES string of the molecule is C=C/C=C\C(=C)CC(CNC(=S)NCc1ccc(OCCN)c(OC)c1)COC(=O)C(C)(C)C. The summed E-state index contributed by atoms with van der Waals surface area (Å²) in [5.74, 6) is 1.06. The summed E-state index contributed by atoms with van der Waals surface area (Å²) in [5, 5.41) is 6.91. The predicted molar refractivity (Wildman–Crippen MR) is 142 cm³/mol. The molecule has 0 aliphatic rings. The van der Waals surface area contributed by atoms with E-state index in [1.807, 2.05) is 51.1 Å². The molecule has 1 aromatic rings. The first-order valence-corrected chi connectivity index (χ1v) is 11.7. The van der Waals surface area contributed by atoms with Gasteiger partial charge < -0.3 is 30.6 Å². The van der Waals surface area contributed by atoms with Crippen molar-refractivity contribution in [3.8, 4) is 11.5 Å². The smallest absolute Gasteiger partial charge is 0.311 e. The molecule has 8 heteroatoms. The normalized spacial score (nSPS) is 12.0. The van der Waals surface area contributed by atoms with E-state index in [4.69, 9.17) is 32.2 Å². The second-order valence-corrected chi connectivity index (χ2v) is 9.27. The lowest BCUT2D eigenvalue weighted by Crippen LogP contribution is -2.39. The van der Waals surface area contributed by atoms with E-state index in [9.17, 15) is 4.79 Å². The molecule has 188 valence electrons. The number of carbonyl (C=O) groups is 1. The van der Waals surface area contributed by atoms with Crippen molar-refractivity contribution in [1.82, 2.24) is 10.6 Å². The highest BCUT2D eigenvalue weighted by Gasteiger charge is 2.24. The molecule has 0 heterocycles. The number of rotatable bonds is 14. The zero-order valence-electron chi connectivity index (χ0n) is 20.8. The van der Waals surface area contributed by atoms with Crippen molar-refractivity contribution in [2.45, 2.75) is 33.7 Å². The van der Waals surface area contributed by atoms with E-state index in [2.05, 4.69) is 23.8 Å². The fourth-order valence-electron chi connectivity index (χ4n) is 2.83. The molecule has 0 aliphatic carbocycles. The molecular weight excluding hydrogens is 450 g/mol. The van der Waals surface area contributed by atoms with E-state index >= 15 is 0 Å². The van der Waals surface area contributed by atoms with Crippen LogP contribution in [0.5, 0.6) is 11.5 Å². The number of hydrogen-bond acceptors (Lipinski definition) is 6. The molecular formula is C26H39N3O4S. The molecule has 0 amide bonds. The lowest BCUT2D eigenvalue weighted by molar-refractivity contribution is -0.154. The summed E-state index contributed by atoms with van der Waals surface area (Å²) < 4.78 is 16.5. The Hall–Kier alpha value is -2.84. The minimum Gasteiger partial charge on any atom is -0.493 e. The van der Waals surface area contributed by atoms with Crippen molar-refractivity contribution in [2.75, 3.05) is 33.4 Å². The van der Waals surface area contributed by atoms with Crippen LogP contribution >= 0.6 is 12.2 Å². The lowest BCUT2D eigenvalue weighted by Gasteiger charge is -2.22. The number of ether oxygens (including phenoxy) is 3. The van der Waals surface area contributed by atoms with Gasteiger partial charge in [-0.3, -0.25) is 4.79 Å². The molecule has 0 saturated heterocycles. The van der Waals surface area contributed by atoms with Crippen LogP contribution in [-0.4, -0.2) is 44.5 Å². The van der Waals surface area contributed by atoms with Gasteiger partial charge in [-0.15, -0.1) is 0 Å². The van der Waals surface area contributed by atoms with E-state index in [0.29, 0.717) is 49.3 Å². The number of benzene rings is 1. The van der Waals surface area contributed by atoms with Crippen LogP contribution in [0.15, 0.2) is 55.2 Å². The summed E-state index contributed by atoms with van der Waals surface area (Å²) in [6.45, 7) is 15.4. The number of thiocarbonyl (C=S) groups is 1. The first-order valence-electron chi connectivity index (χ1n) is 11.3. The fourth-order valence-corrected chi connectivity index (χ4v) is 2.99. The van der Waals surface area contributed by atoms with E-state index in [0.717, 1.165) is 11.1 Å². The number of esters is 1. The second kappa shape index (κ2) is 15.1. The molecule has 1 rings (SSSR count). The lowest BCUT2D eigenvalue weighted by atomic mass is 9.97. The largest absolute Gasteiger partial charge is 0.493 e. The maximum absolute atomic E-state index is 12.2. The fraction of sp³-hybridized carbons (Fsp3) is 0.462. The maximum atomic E-state index is 12.2. The summed E-state index contributed by atoms with van der Waals surface area (Å²) in [6, 6.07) is 5.69. The van der Waals surface area contributed by atoms with Crippen LogP contribution in [0.1, 0.15) is 32.8 Å². The van der Waals surface area contributed by atoms with Crippen LogP contribution in [0, 0.1) is 11.3 Å². The van der Waals surface area contributed by atoms with Crippen LogP contribution in [-0.2, 0) is 16.1 Å². The minimum absolute atomic E-state index is 0.00656. The van der Waals surface area contributed by atoms with E-state index in [1.165, 1.54) is 0 Å². The van der Waals surface area contributed by atoms with Crippen molar-refractivity contribution in [1.29, 1.82) is 0 Å². The summed E-state index contributed by atoms with van der Waals surface area (Å²) >= 11 is 5.44. The molecule has 0 saturated carbocycles. The average Bonchev–Trinajstić information content (AvgIpc) is 2.80. The molecule has 1 atom stereocenters. The van der Waals surface area contributed by atoms with Gasteiger partial charge in [-0.1, -0.05) is 43.0 Å². The van der Waals surface area contributed by atoms with Gasteiger partial charge in [0.25, 0.3) is 0 Å². The van der Waals surface area contributed by atoms with Crippen LogP contribution in [0.3, 0.4) is 0 Å². The monoisotopic (exact) mass is 489 g/mol. The standard InChI is InChI=1S/C26H39N3O4S/c1-7-8-9-19(2)14-21(18-33-24(30)26(3,4)5)17-29-25(34)28-16-20-10-11-22(32-13-12-27)23(15-20)31-6/h7-11,15,21H,1-2,12-14,16-18,27H2,3-6H3,(H2,28,29,34)/b9-8-. The zero-order valence-corrected chi connectivity index (χ0v) is 21.6. The van der Waals surface area contributed by atoms with Crippen molar-refractivity contribution in [3.05, 3.63) is 60.7 Å². The summed E-state index contributed by atoms with van der Waals surface area (Å²) in [5.41, 5.74) is 6.84. The molecule has 4 N–H and O–H groups in total. The Bertz CT molecular complexity index is 862. The van der Waals surface area contributed by atoms with E-state index in [-0.39, 0.29) is 18.5 Å². The third-order valence-corrected chi connectivity index (χ3v) is 4.98. The molecule has 0 aromatic heterocycles. The molecule has 0 spiro atoms. The number of hydrogen-bond donors (Lipinski definition) is 3. The topological polar surface area (TPSA) is 94.8 Å². The molecule has 0 fully saturated rings. The van der Waals surface area contributed by atoms with Gasteiger partial charge in [0.2, 0.25) is 0 Å². The van der Waals surface area contributed by atoms with E-state index < -0.39 is 5.41 Å². The van der Waals surface area contributed by atoms with Gasteiger partial charge in [-0.25, -0.2) is 0 Å². The van der Waals surface area contributed by atoms with Gasteiger partial charge in [-0.05, 0) is 57.1 Å². The van der Waals surface area contributed by atoms with Crippen molar-refractivity contribution in [2.24, 2.45) is 17.1 Å². The summed E-state index contributed by atoms with van der Waals surface area (Å²) in [4.78, 5) is 12.2. The van der Waals surface area contributed by atoms with Crippen LogP contribution in [0.4, 0.5) is 0 Å². The summed E-state index contributed by atoms with van der Waals surface area (Å²) in [6.07, 6.45) is 6.08. The molecule has 0 bridgehead atoms. The Balaban J connectivity index is 2.66. The molecule has 1 unspecified atom stereocenters. The van der Waals surface area contributed by atoms with Crippen LogP contribution in [0.2, 0.25) is 0 Å². The van der Waals surface area contributed by atoms with Crippen molar-refractivity contribution in [3.63, 3.8) is 0 Å². The van der Waals surface area contributed by atoms with Crippen LogP contribution in [0.25, 0.3) is 0 Å². The van der Waals surface area contributed by atoms with Gasteiger partial charge in [-0.2, -0.15) is 0 Å². The molecule has 1 aromatic carbocycles. The first-order chi connectivity index (χ1) is 16.1. The Kier molecular flexibility index (Phi) is 13.0. The van der Waals surface area contributed by atoms with Crippen LogP contribution < -0.4 is 25.8 Å². The van der Waals surface area contributed by atoms with Gasteiger partial charge in [0.1, 0.15) is 6.61 Å². The third-order valence-electron chi connectivity index (χ3n) is 4.69. The number of nitrogens with one attached hydrogen (secondary N) is 2.